The lowest BCUT2D eigenvalue weighted by Gasteiger charge is -2.22. The van der Waals surface area contributed by atoms with Crippen LogP contribution >= 0.6 is 0 Å². The van der Waals surface area contributed by atoms with Gasteiger partial charge in [0.1, 0.15) is 0 Å². The second kappa shape index (κ2) is 4.61. The van der Waals surface area contributed by atoms with E-state index in [1.54, 1.807) is 6.07 Å². The normalized spacial score (nSPS) is 22.2. The summed E-state index contributed by atoms with van der Waals surface area (Å²) in [6.45, 7) is 3.76. The molecule has 2 heterocycles. The Morgan fingerprint density at radius 3 is 3.11 bits per heavy atom. The van der Waals surface area contributed by atoms with Gasteiger partial charge in [0, 0.05) is 31.3 Å². The molecule has 1 atom stereocenters. The summed E-state index contributed by atoms with van der Waals surface area (Å²) in [4.78, 5) is 13.3. The van der Waals surface area contributed by atoms with E-state index in [-0.39, 0.29) is 0 Å². The number of carboxylic acid groups (broad SMARTS) is 1. The molecule has 18 heavy (non-hydrogen) atoms. The zero-order chi connectivity index (χ0) is 12.5. The SMILES string of the molecule is O=C(O)c1ccc2c(c1)CCN2CC1CCOC1. The molecule has 1 saturated heterocycles. The van der Waals surface area contributed by atoms with Crippen LogP contribution in [0.25, 0.3) is 0 Å². The molecule has 0 spiro atoms. The minimum Gasteiger partial charge on any atom is -0.478 e. The van der Waals surface area contributed by atoms with Crippen molar-refractivity contribution in [1.29, 1.82) is 0 Å². The molecule has 0 aromatic heterocycles. The monoisotopic (exact) mass is 247 g/mol. The zero-order valence-electron chi connectivity index (χ0n) is 10.3. The summed E-state index contributed by atoms with van der Waals surface area (Å²) >= 11 is 0. The maximum atomic E-state index is 10.9. The van der Waals surface area contributed by atoms with Crippen LogP contribution in [-0.4, -0.2) is 37.4 Å². The summed E-state index contributed by atoms with van der Waals surface area (Å²) in [6.07, 6.45) is 2.09. The van der Waals surface area contributed by atoms with Gasteiger partial charge >= 0.3 is 5.97 Å². The lowest BCUT2D eigenvalue weighted by molar-refractivity contribution is 0.0697. The molecule has 1 fully saturated rings. The molecule has 3 rings (SSSR count). The van der Waals surface area contributed by atoms with Gasteiger partial charge in [0.15, 0.2) is 0 Å². The minimum atomic E-state index is -0.847. The number of carboxylic acids is 1. The first-order valence-corrected chi connectivity index (χ1v) is 6.43. The quantitative estimate of drug-likeness (QED) is 0.884. The fraction of sp³-hybridized carbons (Fsp3) is 0.500. The Kier molecular flexibility index (Phi) is 2.96. The number of fused-ring (bicyclic) bond motifs is 1. The average molecular weight is 247 g/mol. The van der Waals surface area contributed by atoms with E-state index in [0.29, 0.717) is 11.5 Å². The Morgan fingerprint density at radius 2 is 2.39 bits per heavy atom. The molecular weight excluding hydrogens is 230 g/mol. The van der Waals surface area contributed by atoms with Crippen molar-refractivity contribution in [2.45, 2.75) is 12.8 Å². The van der Waals surface area contributed by atoms with Crippen molar-refractivity contribution in [3.63, 3.8) is 0 Å². The molecule has 0 saturated carbocycles. The predicted molar refractivity (Wildman–Crippen MR) is 68.2 cm³/mol. The number of nitrogens with zero attached hydrogens (tertiary/aromatic N) is 1. The maximum absolute atomic E-state index is 10.9. The Bertz CT molecular complexity index is 466. The highest BCUT2D eigenvalue weighted by Gasteiger charge is 2.25. The fourth-order valence-corrected chi connectivity index (χ4v) is 2.83. The Hall–Kier alpha value is -1.55. The number of hydrogen-bond acceptors (Lipinski definition) is 3. The Balaban J connectivity index is 1.77. The van der Waals surface area contributed by atoms with E-state index in [4.69, 9.17) is 9.84 Å². The first-order valence-electron chi connectivity index (χ1n) is 6.43. The summed E-state index contributed by atoms with van der Waals surface area (Å²) in [5.41, 5.74) is 2.75. The Labute approximate surface area is 106 Å². The molecule has 0 aliphatic carbocycles. The summed E-state index contributed by atoms with van der Waals surface area (Å²) in [5.74, 6) is -0.226. The highest BCUT2D eigenvalue weighted by molar-refractivity contribution is 5.88. The van der Waals surface area contributed by atoms with Crippen molar-refractivity contribution in [3.05, 3.63) is 29.3 Å². The molecular formula is C14H17NO3. The number of ether oxygens (including phenoxy) is 1. The number of carbonyl (C=O) groups is 1. The topological polar surface area (TPSA) is 49.8 Å². The lowest BCUT2D eigenvalue weighted by Crippen LogP contribution is -2.27. The summed E-state index contributed by atoms with van der Waals surface area (Å²) in [5, 5.41) is 8.98. The van der Waals surface area contributed by atoms with E-state index in [1.807, 2.05) is 12.1 Å². The van der Waals surface area contributed by atoms with Gasteiger partial charge in [-0.25, -0.2) is 4.79 Å². The van der Waals surface area contributed by atoms with Gasteiger partial charge in [0.2, 0.25) is 0 Å². The average Bonchev–Trinajstić information content (AvgIpc) is 2.99. The lowest BCUT2D eigenvalue weighted by atomic mass is 10.1. The van der Waals surface area contributed by atoms with Gasteiger partial charge in [-0.15, -0.1) is 0 Å². The summed E-state index contributed by atoms with van der Waals surface area (Å²) in [6, 6.07) is 5.45. The molecule has 2 aliphatic heterocycles. The largest absolute Gasteiger partial charge is 0.478 e. The molecule has 1 unspecified atom stereocenters. The molecule has 1 aromatic rings. The van der Waals surface area contributed by atoms with Gasteiger partial charge < -0.3 is 14.7 Å². The third-order valence-corrected chi connectivity index (χ3v) is 3.82. The van der Waals surface area contributed by atoms with E-state index in [1.165, 1.54) is 5.69 Å². The van der Waals surface area contributed by atoms with Gasteiger partial charge in [-0.3, -0.25) is 0 Å². The van der Waals surface area contributed by atoms with Crippen LogP contribution in [0.3, 0.4) is 0 Å². The molecule has 1 aromatic carbocycles. The van der Waals surface area contributed by atoms with Crippen molar-refractivity contribution in [1.82, 2.24) is 0 Å². The molecule has 96 valence electrons. The second-order valence-corrected chi connectivity index (χ2v) is 5.07. The van der Waals surface area contributed by atoms with Crippen LogP contribution in [0.4, 0.5) is 5.69 Å². The minimum absolute atomic E-state index is 0.389. The van der Waals surface area contributed by atoms with Crippen molar-refractivity contribution in [2.75, 3.05) is 31.2 Å². The number of benzene rings is 1. The highest BCUT2D eigenvalue weighted by Crippen LogP contribution is 2.30. The van der Waals surface area contributed by atoms with Gasteiger partial charge in [-0.1, -0.05) is 0 Å². The molecule has 0 bridgehead atoms. The van der Waals surface area contributed by atoms with Gasteiger partial charge in [-0.2, -0.15) is 0 Å². The fourth-order valence-electron chi connectivity index (χ4n) is 2.83. The molecule has 4 heteroatoms. The van der Waals surface area contributed by atoms with Crippen molar-refractivity contribution >= 4 is 11.7 Å². The van der Waals surface area contributed by atoms with Crippen LogP contribution in [0.5, 0.6) is 0 Å². The van der Waals surface area contributed by atoms with E-state index in [9.17, 15) is 4.79 Å². The number of rotatable bonds is 3. The first kappa shape index (κ1) is 11.5. The number of aromatic carboxylic acids is 1. The molecule has 0 amide bonds. The Morgan fingerprint density at radius 1 is 1.50 bits per heavy atom. The molecule has 1 N–H and O–H groups in total. The third-order valence-electron chi connectivity index (χ3n) is 3.82. The summed E-state index contributed by atoms with van der Waals surface area (Å²) < 4.78 is 5.40. The smallest absolute Gasteiger partial charge is 0.335 e. The summed E-state index contributed by atoms with van der Waals surface area (Å²) in [7, 11) is 0. The maximum Gasteiger partial charge on any atom is 0.335 e. The second-order valence-electron chi connectivity index (χ2n) is 5.07. The van der Waals surface area contributed by atoms with Crippen LogP contribution in [0.15, 0.2) is 18.2 Å². The van der Waals surface area contributed by atoms with Crippen LogP contribution < -0.4 is 4.90 Å². The van der Waals surface area contributed by atoms with Crippen molar-refractivity contribution in [3.8, 4) is 0 Å². The molecule has 0 radical (unpaired) electrons. The predicted octanol–water partition coefficient (Wildman–Crippen LogP) is 1.78. The van der Waals surface area contributed by atoms with Gasteiger partial charge in [0.25, 0.3) is 0 Å². The van der Waals surface area contributed by atoms with Crippen molar-refractivity contribution < 1.29 is 14.6 Å². The van der Waals surface area contributed by atoms with Crippen LogP contribution in [0, 0.1) is 5.92 Å². The zero-order valence-corrected chi connectivity index (χ0v) is 10.3. The first-order chi connectivity index (χ1) is 8.74. The standard InChI is InChI=1S/C14H17NO3/c16-14(17)12-1-2-13-11(7-12)3-5-15(13)8-10-4-6-18-9-10/h1-2,7,10H,3-6,8-9H2,(H,16,17). The van der Waals surface area contributed by atoms with E-state index < -0.39 is 5.97 Å². The highest BCUT2D eigenvalue weighted by atomic mass is 16.5. The molecule has 2 aliphatic rings. The van der Waals surface area contributed by atoms with Gasteiger partial charge in [0.05, 0.1) is 12.2 Å². The van der Waals surface area contributed by atoms with Gasteiger partial charge in [-0.05, 0) is 36.6 Å². The third kappa shape index (κ3) is 2.08. The van der Waals surface area contributed by atoms with E-state index in [0.717, 1.165) is 44.7 Å². The molecule has 4 nitrogen and oxygen atoms in total. The number of anilines is 1. The van der Waals surface area contributed by atoms with E-state index in [2.05, 4.69) is 4.90 Å². The number of hydrogen-bond donors (Lipinski definition) is 1. The van der Waals surface area contributed by atoms with Crippen LogP contribution in [0.2, 0.25) is 0 Å². The van der Waals surface area contributed by atoms with Crippen LogP contribution in [-0.2, 0) is 11.2 Å². The van der Waals surface area contributed by atoms with E-state index >= 15 is 0 Å². The van der Waals surface area contributed by atoms with Crippen LogP contribution in [0.1, 0.15) is 22.3 Å². The van der Waals surface area contributed by atoms with Crippen molar-refractivity contribution in [2.24, 2.45) is 5.92 Å².